The van der Waals surface area contributed by atoms with Crippen molar-refractivity contribution < 1.29 is 9.90 Å². The topological polar surface area (TPSA) is 88.2 Å². The van der Waals surface area contributed by atoms with Crippen LogP contribution in [0.25, 0.3) is 0 Å². The maximum Gasteiger partial charge on any atom is 0.227 e. The Balaban J connectivity index is 1.50. The lowest BCUT2D eigenvalue weighted by Gasteiger charge is -2.12. The van der Waals surface area contributed by atoms with Gasteiger partial charge in [-0.3, -0.25) is 9.78 Å². The quantitative estimate of drug-likeness (QED) is 0.669. The molecule has 0 aliphatic heterocycles. The number of carbonyl (C=O) groups excluding carboxylic acids is 1. The summed E-state index contributed by atoms with van der Waals surface area (Å²) < 4.78 is 0. The SMILES string of the molecule is Cc1cccc(CCCNCc2ccc3c(c2)[C@@H](C(N)=O)[C@H](O)C3)n1. The first-order valence-electron chi connectivity index (χ1n) is 8.77. The molecular formula is C20H25N3O2. The van der Waals surface area contributed by atoms with Crippen molar-refractivity contribution in [2.24, 2.45) is 5.73 Å². The number of hydrogen-bond donors (Lipinski definition) is 3. The zero-order chi connectivity index (χ0) is 17.8. The molecule has 1 heterocycles. The highest BCUT2D eigenvalue weighted by atomic mass is 16.3. The Morgan fingerprint density at radius 1 is 1.36 bits per heavy atom. The number of primary amides is 1. The van der Waals surface area contributed by atoms with Crippen molar-refractivity contribution in [3.05, 3.63) is 64.5 Å². The summed E-state index contributed by atoms with van der Waals surface area (Å²) in [4.78, 5) is 16.1. The molecule has 0 radical (unpaired) electrons. The molecule has 2 aromatic rings. The van der Waals surface area contributed by atoms with Gasteiger partial charge in [0.25, 0.3) is 0 Å². The number of aromatic nitrogens is 1. The molecule has 0 fully saturated rings. The smallest absolute Gasteiger partial charge is 0.227 e. The van der Waals surface area contributed by atoms with Crippen LogP contribution < -0.4 is 11.1 Å². The van der Waals surface area contributed by atoms with Gasteiger partial charge in [-0.05, 0) is 61.6 Å². The lowest BCUT2D eigenvalue weighted by atomic mass is 9.97. The van der Waals surface area contributed by atoms with Gasteiger partial charge in [0, 0.05) is 17.9 Å². The molecule has 1 aliphatic rings. The summed E-state index contributed by atoms with van der Waals surface area (Å²) in [5.41, 5.74) is 10.6. The molecule has 0 saturated carbocycles. The van der Waals surface area contributed by atoms with Crippen LogP contribution in [0.1, 0.15) is 40.4 Å². The number of nitrogens with one attached hydrogen (secondary N) is 1. The third kappa shape index (κ3) is 4.24. The standard InChI is InChI=1S/C20H25N3O2/c1-13-4-2-5-16(23-13)6-3-9-22-12-14-7-8-15-11-18(24)19(20(21)25)17(15)10-14/h2,4-5,7-8,10,18-19,22,24H,3,6,9,11-12H2,1H3,(H2,21,25)/t18-,19-/m1/s1. The van der Waals surface area contributed by atoms with E-state index in [-0.39, 0.29) is 0 Å². The first-order valence-corrected chi connectivity index (χ1v) is 8.77. The Hall–Kier alpha value is -2.24. The van der Waals surface area contributed by atoms with Crippen LogP contribution in [0.15, 0.2) is 36.4 Å². The molecule has 0 unspecified atom stereocenters. The van der Waals surface area contributed by atoms with Crippen LogP contribution in [0, 0.1) is 6.92 Å². The second kappa shape index (κ2) is 7.76. The molecule has 132 valence electrons. The Labute approximate surface area is 148 Å². The highest BCUT2D eigenvalue weighted by Gasteiger charge is 2.35. The Morgan fingerprint density at radius 2 is 2.20 bits per heavy atom. The zero-order valence-corrected chi connectivity index (χ0v) is 14.5. The molecule has 1 aromatic carbocycles. The van der Waals surface area contributed by atoms with E-state index in [1.54, 1.807) is 0 Å². The first-order chi connectivity index (χ1) is 12.0. The zero-order valence-electron chi connectivity index (χ0n) is 14.5. The van der Waals surface area contributed by atoms with Crippen LogP contribution in [0.2, 0.25) is 0 Å². The summed E-state index contributed by atoms with van der Waals surface area (Å²) in [6.07, 6.45) is 1.77. The maximum absolute atomic E-state index is 11.6. The van der Waals surface area contributed by atoms with Gasteiger partial charge in [0.2, 0.25) is 5.91 Å². The molecule has 3 rings (SSSR count). The molecule has 5 heteroatoms. The average Bonchev–Trinajstić information content (AvgIpc) is 2.90. The van der Waals surface area contributed by atoms with Gasteiger partial charge in [0.1, 0.15) is 0 Å². The molecule has 0 saturated heterocycles. The van der Waals surface area contributed by atoms with Crippen LogP contribution in [0.3, 0.4) is 0 Å². The number of aryl methyl sites for hydroxylation is 2. The normalized spacial score (nSPS) is 19.0. The lowest BCUT2D eigenvalue weighted by Crippen LogP contribution is -2.28. The van der Waals surface area contributed by atoms with Gasteiger partial charge in [-0.2, -0.15) is 0 Å². The number of nitrogens with zero attached hydrogens (tertiary/aromatic N) is 1. The van der Waals surface area contributed by atoms with Crippen molar-refractivity contribution in [2.75, 3.05) is 6.54 Å². The van der Waals surface area contributed by atoms with Crippen LogP contribution >= 0.6 is 0 Å². The Bertz CT molecular complexity index is 760. The summed E-state index contributed by atoms with van der Waals surface area (Å²) in [6.45, 7) is 3.64. The molecule has 1 amide bonds. The van der Waals surface area contributed by atoms with Gasteiger partial charge in [0.05, 0.1) is 12.0 Å². The molecule has 1 aliphatic carbocycles. The van der Waals surface area contributed by atoms with E-state index in [4.69, 9.17) is 5.73 Å². The van der Waals surface area contributed by atoms with E-state index in [1.807, 2.05) is 37.3 Å². The van der Waals surface area contributed by atoms with Crippen LogP contribution in [0.5, 0.6) is 0 Å². The van der Waals surface area contributed by atoms with Crippen molar-refractivity contribution in [3.63, 3.8) is 0 Å². The van der Waals surface area contributed by atoms with Crippen molar-refractivity contribution in [2.45, 2.75) is 44.8 Å². The Kier molecular flexibility index (Phi) is 5.46. The second-order valence-electron chi connectivity index (χ2n) is 6.74. The van der Waals surface area contributed by atoms with E-state index in [0.717, 1.165) is 54.0 Å². The molecule has 0 spiro atoms. The highest BCUT2D eigenvalue weighted by molar-refractivity contribution is 5.84. The number of benzene rings is 1. The number of amides is 1. The van der Waals surface area contributed by atoms with E-state index in [0.29, 0.717) is 6.42 Å². The highest BCUT2D eigenvalue weighted by Crippen LogP contribution is 2.33. The van der Waals surface area contributed by atoms with Gasteiger partial charge in [-0.25, -0.2) is 0 Å². The number of aliphatic hydroxyl groups excluding tert-OH is 1. The van der Waals surface area contributed by atoms with E-state index in [1.165, 1.54) is 0 Å². The number of nitrogens with two attached hydrogens (primary N) is 1. The predicted molar refractivity (Wildman–Crippen MR) is 97.1 cm³/mol. The second-order valence-corrected chi connectivity index (χ2v) is 6.74. The monoisotopic (exact) mass is 339 g/mol. The van der Waals surface area contributed by atoms with E-state index in [9.17, 15) is 9.90 Å². The molecule has 25 heavy (non-hydrogen) atoms. The summed E-state index contributed by atoms with van der Waals surface area (Å²) in [6, 6.07) is 12.1. The molecule has 2 atom stereocenters. The third-order valence-electron chi connectivity index (χ3n) is 4.73. The maximum atomic E-state index is 11.6. The molecule has 1 aromatic heterocycles. The minimum absolute atomic E-state index is 0.456. The number of rotatable bonds is 7. The van der Waals surface area contributed by atoms with Crippen molar-refractivity contribution in [3.8, 4) is 0 Å². The summed E-state index contributed by atoms with van der Waals surface area (Å²) >= 11 is 0. The summed E-state index contributed by atoms with van der Waals surface area (Å²) in [5, 5.41) is 13.4. The number of pyridine rings is 1. The molecule has 0 bridgehead atoms. The van der Waals surface area contributed by atoms with Gasteiger partial charge in [0.15, 0.2) is 0 Å². The fraction of sp³-hybridized carbons (Fsp3) is 0.400. The fourth-order valence-electron chi connectivity index (χ4n) is 3.49. The van der Waals surface area contributed by atoms with Gasteiger partial charge >= 0.3 is 0 Å². The van der Waals surface area contributed by atoms with E-state index < -0.39 is 17.9 Å². The molecule has 4 N–H and O–H groups in total. The van der Waals surface area contributed by atoms with Crippen molar-refractivity contribution in [1.82, 2.24) is 10.3 Å². The number of hydrogen-bond acceptors (Lipinski definition) is 4. The minimum Gasteiger partial charge on any atom is -0.392 e. The van der Waals surface area contributed by atoms with Crippen LogP contribution in [-0.2, 0) is 24.2 Å². The van der Waals surface area contributed by atoms with Crippen molar-refractivity contribution >= 4 is 5.91 Å². The molecular weight excluding hydrogens is 314 g/mol. The lowest BCUT2D eigenvalue weighted by molar-refractivity contribution is -0.121. The number of carbonyl (C=O) groups is 1. The average molecular weight is 339 g/mol. The van der Waals surface area contributed by atoms with Gasteiger partial charge in [-0.15, -0.1) is 0 Å². The summed E-state index contributed by atoms with van der Waals surface area (Å²) in [7, 11) is 0. The predicted octanol–water partition coefficient (Wildman–Crippen LogP) is 1.60. The van der Waals surface area contributed by atoms with Crippen molar-refractivity contribution in [1.29, 1.82) is 0 Å². The van der Waals surface area contributed by atoms with Gasteiger partial charge in [-0.1, -0.05) is 24.3 Å². The number of fused-ring (bicyclic) bond motifs is 1. The minimum atomic E-state index is -0.697. The van der Waals surface area contributed by atoms with Gasteiger partial charge < -0.3 is 16.2 Å². The summed E-state index contributed by atoms with van der Waals surface area (Å²) in [5.74, 6) is -1.04. The van der Waals surface area contributed by atoms with Crippen LogP contribution in [-0.4, -0.2) is 28.6 Å². The fourth-order valence-corrected chi connectivity index (χ4v) is 3.49. The first kappa shape index (κ1) is 17.6. The largest absolute Gasteiger partial charge is 0.392 e. The van der Waals surface area contributed by atoms with Crippen LogP contribution in [0.4, 0.5) is 0 Å². The van der Waals surface area contributed by atoms with E-state index in [2.05, 4.69) is 16.4 Å². The van der Waals surface area contributed by atoms with E-state index >= 15 is 0 Å². The Morgan fingerprint density at radius 3 is 2.96 bits per heavy atom. The molecule has 5 nitrogen and oxygen atoms in total. The third-order valence-corrected chi connectivity index (χ3v) is 4.73. The number of aliphatic hydroxyl groups is 1.